The normalized spacial score (nSPS) is 10.9. The summed E-state index contributed by atoms with van der Waals surface area (Å²) in [6.45, 7) is 0. The van der Waals surface area contributed by atoms with Crippen LogP contribution in [0.5, 0.6) is 0 Å². The molecule has 0 unspecified atom stereocenters. The highest BCUT2D eigenvalue weighted by Gasteiger charge is 2.08. The first-order chi connectivity index (χ1) is 14.3. The molecule has 5 aromatic rings. The molecule has 0 bridgehead atoms. The van der Waals surface area contributed by atoms with Crippen LogP contribution in [0.15, 0.2) is 115 Å². The molecule has 5 rings (SSSR count). The Morgan fingerprint density at radius 1 is 0.379 bits per heavy atom. The molecule has 0 atom stereocenters. The molecule has 5 aromatic carbocycles. The Kier molecular flexibility index (Phi) is 4.63. The summed E-state index contributed by atoms with van der Waals surface area (Å²) in [7, 11) is 0. The second-order valence-corrected chi connectivity index (χ2v) is 7.63. The van der Waals surface area contributed by atoms with Crippen molar-refractivity contribution in [2.24, 2.45) is 0 Å². The van der Waals surface area contributed by atoms with Gasteiger partial charge >= 0.3 is 0 Å². The maximum absolute atomic E-state index is 6.02. The van der Waals surface area contributed by atoms with E-state index in [1.165, 1.54) is 44.2 Å². The molecule has 0 saturated heterocycles. The molecule has 0 N–H and O–H groups in total. The molecule has 0 saturated carbocycles. The van der Waals surface area contributed by atoms with E-state index in [0.29, 0.717) is 0 Å². The lowest BCUT2D eigenvalue weighted by molar-refractivity contribution is 1.58. The van der Waals surface area contributed by atoms with Crippen LogP contribution in [-0.2, 0) is 0 Å². The zero-order chi connectivity index (χ0) is 19.6. The lowest BCUT2D eigenvalue weighted by Crippen LogP contribution is -1.86. The second kappa shape index (κ2) is 7.58. The smallest absolute Gasteiger partial charge is 0.0406 e. The Balaban J connectivity index is 1.55. The third-order valence-electron chi connectivity index (χ3n) is 5.36. The highest BCUT2D eigenvalue weighted by Crippen LogP contribution is 2.34. The third kappa shape index (κ3) is 3.55. The Bertz CT molecular complexity index is 1280. The van der Waals surface area contributed by atoms with Crippen LogP contribution in [0.4, 0.5) is 0 Å². The fraction of sp³-hybridized carbons (Fsp3) is 0. The van der Waals surface area contributed by atoms with Crippen molar-refractivity contribution in [3.8, 4) is 33.4 Å². The fourth-order valence-corrected chi connectivity index (χ4v) is 3.95. The van der Waals surface area contributed by atoms with Crippen molar-refractivity contribution in [2.75, 3.05) is 0 Å². The van der Waals surface area contributed by atoms with Crippen molar-refractivity contribution in [1.29, 1.82) is 0 Å². The first-order valence-corrected chi connectivity index (χ1v) is 10.1. The topological polar surface area (TPSA) is 0 Å². The first-order valence-electron chi connectivity index (χ1n) is 9.72. The quantitative estimate of drug-likeness (QED) is 0.289. The van der Waals surface area contributed by atoms with Crippen molar-refractivity contribution in [3.05, 3.63) is 120 Å². The molecule has 0 heterocycles. The van der Waals surface area contributed by atoms with Crippen molar-refractivity contribution >= 4 is 22.4 Å². The van der Waals surface area contributed by atoms with Crippen LogP contribution in [-0.4, -0.2) is 0 Å². The zero-order valence-corrected chi connectivity index (χ0v) is 16.6. The maximum Gasteiger partial charge on any atom is 0.0406 e. The molecule has 0 aliphatic carbocycles. The van der Waals surface area contributed by atoms with Crippen molar-refractivity contribution in [1.82, 2.24) is 0 Å². The summed E-state index contributed by atoms with van der Waals surface area (Å²) < 4.78 is 0. The fourth-order valence-electron chi connectivity index (χ4n) is 3.83. The summed E-state index contributed by atoms with van der Waals surface area (Å²) in [5.41, 5.74) is 7.30. The second-order valence-electron chi connectivity index (χ2n) is 7.19. The number of halogens is 1. The Hall–Kier alpha value is -3.35. The minimum absolute atomic E-state index is 0.759. The van der Waals surface area contributed by atoms with Gasteiger partial charge in [0.1, 0.15) is 0 Å². The molecule has 0 aliphatic rings. The Labute approximate surface area is 176 Å². The molecule has 0 radical (unpaired) electrons. The summed E-state index contributed by atoms with van der Waals surface area (Å²) >= 11 is 6.02. The first kappa shape index (κ1) is 17.7. The number of benzene rings is 5. The predicted molar refractivity (Wildman–Crippen MR) is 125 cm³/mol. The lowest BCUT2D eigenvalue weighted by atomic mass is 9.92. The van der Waals surface area contributed by atoms with Crippen LogP contribution < -0.4 is 0 Å². The third-order valence-corrected chi connectivity index (χ3v) is 5.61. The van der Waals surface area contributed by atoms with Crippen molar-refractivity contribution in [2.45, 2.75) is 0 Å². The average molecular weight is 391 g/mol. The van der Waals surface area contributed by atoms with E-state index < -0.39 is 0 Å². The van der Waals surface area contributed by atoms with Gasteiger partial charge in [-0.1, -0.05) is 109 Å². The molecule has 138 valence electrons. The minimum Gasteiger partial charge on any atom is -0.0843 e. The van der Waals surface area contributed by atoms with Crippen molar-refractivity contribution in [3.63, 3.8) is 0 Å². The summed E-state index contributed by atoms with van der Waals surface area (Å²) in [6, 6.07) is 40.5. The van der Waals surface area contributed by atoms with Crippen LogP contribution in [0.25, 0.3) is 44.2 Å². The largest absolute Gasteiger partial charge is 0.0843 e. The van der Waals surface area contributed by atoms with Gasteiger partial charge in [-0.2, -0.15) is 0 Å². The van der Waals surface area contributed by atoms with E-state index in [1.807, 2.05) is 12.1 Å². The van der Waals surface area contributed by atoms with Gasteiger partial charge in [0, 0.05) is 5.02 Å². The van der Waals surface area contributed by atoms with E-state index in [9.17, 15) is 0 Å². The van der Waals surface area contributed by atoms with Gasteiger partial charge in [-0.25, -0.2) is 0 Å². The number of fused-ring (bicyclic) bond motifs is 1. The van der Waals surface area contributed by atoms with Gasteiger partial charge in [-0.05, 0) is 62.4 Å². The number of hydrogen-bond donors (Lipinski definition) is 0. The van der Waals surface area contributed by atoms with Gasteiger partial charge in [-0.15, -0.1) is 0 Å². The molecule has 0 spiro atoms. The van der Waals surface area contributed by atoms with Gasteiger partial charge in [-0.3, -0.25) is 0 Å². The summed E-state index contributed by atoms with van der Waals surface area (Å²) in [6.07, 6.45) is 0. The van der Waals surface area contributed by atoms with E-state index in [4.69, 9.17) is 11.6 Å². The Morgan fingerprint density at radius 2 is 0.862 bits per heavy atom. The average Bonchev–Trinajstić information content (AvgIpc) is 2.79. The van der Waals surface area contributed by atoms with E-state index in [0.717, 1.165) is 5.02 Å². The van der Waals surface area contributed by atoms with E-state index in [2.05, 4.69) is 103 Å². The van der Waals surface area contributed by atoms with Gasteiger partial charge < -0.3 is 0 Å². The summed E-state index contributed by atoms with van der Waals surface area (Å²) in [5.74, 6) is 0. The highest BCUT2D eigenvalue weighted by atomic mass is 35.5. The molecule has 0 aromatic heterocycles. The molecule has 0 aliphatic heterocycles. The summed E-state index contributed by atoms with van der Waals surface area (Å²) in [5, 5.41) is 3.29. The molecular formula is C28H19Cl. The minimum atomic E-state index is 0.759. The van der Waals surface area contributed by atoms with Crippen LogP contribution in [0.2, 0.25) is 5.02 Å². The van der Waals surface area contributed by atoms with Crippen LogP contribution in [0.3, 0.4) is 0 Å². The molecule has 0 fully saturated rings. The summed E-state index contributed by atoms with van der Waals surface area (Å²) in [4.78, 5) is 0. The molecule has 0 nitrogen and oxygen atoms in total. The van der Waals surface area contributed by atoms with Crippen molar-refractivity contribution < 1.29 is 0 Å². The van der Waals surface area contributed by atoms with Crippen LogP contribution in [0, 0.1) is 0 Å². The van der Waals surface area contributed by atoms with Gasteiger partial charge in [0.2, 0.25) is 0 Å². The van der Waals surface area contributed by atoms with Crippen LogP contribution in [0.1, 0.15) is 0 Å². The van der Waals surface area contributed by atoms with Gasteiger partial charge in [0.25, 0.3) is 0 Å². The molecular weight excluding hydrogens is 372 g/mol. The van der Waals surface area contributed by atoms with Crippen LogP contribution >= 0.6 is 11.6 Å². The van der Waals surface area contributed by atoms with Gasteiger partial charge in [0.05, 0.1) is 0 Å². The maximum atomic E-state index is 6.02. The molecule has 29 heavy (non-hydrogen) atoms. The zero-order valence-electron chi connectivity index (χ0n) is 15.8. The van der Waals surface area contributed by atoms with E-state index in [-0.39, 0.29) is 0 Å². The SMILES string of the molecule is Clc1ccc(-c2ccc(-c3ccccc3-c3ccc4ccccc4c3)cc2)cc1. The van der Waals surface area contributed by atoms with E-state index in [1.54, 1.807) is 0 Å². The molecule has 1 heteroatoms. The molecule has 0 amide bonds. The van der Waals surface area contributed by atoms with Gasteiger partial charge in [0.15, 0.2) is 0 Å². The number of hydrogen-bond acceptors (Lipinski definition) is 0. The predicted octanol–water partition coefficient (Wildman–Crippen LogP) is 8.49. The monoisotopic (exact) mass is 390 g/mol. The standard InChI is InChI=1S/C28H19Cl/c29-26-17-15-22(16-18-26)21-9-12-23(13-10-21)27-7-3-4-8-28(27)25-14-11-20-5-1-2-6-24(20)19-25/h1-19H. The lowest BCUT2D eigenvalue weighted by Gasteiger charge is -2.12. The van der Waals surface area contributed by atoms with E-state index >= 15 is 0 Å². The highest BCUT2D eigenvalue weighted by molar-refractivity contribution is 6.30. The Morgan fingerprint density at radius 3 is 1.55 bits per heavy atom. The number of rotatable bonds is 3.